The van der Waals surface area contributed by atoms with Crippen molar-refractivity contribution in [3.63, 3.8) is 0 Å². The van der Waals surface area contributed by atoms with Crippen LogP contribution in [0.3, 0.4) is 0 Å². The molecule has 1 aliphatic carbocycles. The molecule has 20 heavy (non-hydrogen) atoms. The Hall–Kier alpha value is -1.07. The quantitative estimate of drug-likeness (QED) is 0.878. The third-order valence-electron chi connectivity index (χ3n) is 5.25. The summed E-state index contributed by atoms with van der Waals surface area (Å²) in [6, 6.07) is 6.77. The Morgan fingerprint density at radius 2 is 1.55 bits per heavy atom. The molecule has 0 aliphatic heterocycles. The van der Waals surface area contributed by atoms with Crippen LogP contribution >= 0.6 is 0 Å². The van der Waals surface area contributed by atoms with E-state index in [1.54, 1.807) is 31.3 Å². The van der Waals surface area contributed by atoms with Crippen molar-refractivity contribution >= 4 is 15.7 Å². The van der Waals surface area contributed by atoms with E-state index in [-0.39, 0.29) is 10.8 Å². The van der Waals surface area contributed by atoms with Gasteiger partial charge >= 0.3 is 0 Å². The van der Waals surface area contributed by atoms with Crippen LogP contribution in [-0.4, -0.2) is 22.0 Å². The molecular weight excluding hydrogens is 272 g/mol. The second kappa shape index (κ2) is 4.74. The number of hydrogen-bond donors (Lipinski definition) is 2. The molecule has 1 saturated carbocycles. The van der Waals surface area contributed by atoms with Crippen LogP contribution in [0.4, 0.5) is 5.69 Å². The lowest BCUT2D eigenvalue weighted by atomic mass is 10.0. The van der Waals surface area contributed by atoms with E-state index < -0.39 is 10.0 Å². The van der Waals surface area contributed by atoms with Crippen LogP contribution in [0.25, 0.3) is 0 Å². The smallest absolute Gasteiger partial charge is 0.240 e. The van der Waals surface area contributed by atoms with E-state index in [1.165, 1.54) is 0 Å². The van der Waals surface area contributed by atoms with Gasteiger partial charge in [-0.1, -0.05) is 27.7 Å². The third-order valence-corrected chi connectivity index (χ3v) is 6.69. The number of sulfonamides is 1. The molecule has 0 atom stereocenters. The van der Waals surface area contributed by atoms with Gasteiger partial charge in [-0.2, -0.15) is 0 Å². The predicted molar refractivity (Wildman–Crippen MR) is 82.2 cm³/mol. The molecule has 0 aromatic heterocycles. The zero-order valence-electron chi connectivity index (χ0n) is 12.8. The molecule has 0 unspecified atom stereocenters. The van der Waals surface area contributed by atoms with E-state index in [9.17, 15) is 8.42 Å². The molecule has 0 amide bonds. The van der Waals surface area contributed by atoms with Crippen molar-refractivity contribution in [2.75, 3.05) is 18.9 Å². The van der Waals surface area contributed by atoms with Crippen molar-refractivity contribution in [3.05, 3.63) is 24.3 Å². The standard InChI is InChI=1S/C15H24N2O2S/c1-14(2)13(15(14,3)4)10-17-20(18,19)12-8-6-11(16-5)7-9-12/h6-9,13,16-17H,10H2,1-5H3. The van der Waals surface area contributed by atoms with Gasteiger partial charge in [0, 0.05) is 19.3 Å². The number of rotatable bonds is 5. The van der Waals surface area contributed by atoms with Crippen LogP contribution in [-0.2, 0) is 10.0 Å². The van der Waals surface area contributed by atoms with Gasteiger partial charge in [0.15, 0.2) is 0 Å². The molecule has 5 heteroatoms. The molecule has 0 radical (unpaired) electrons. The van der Waals surface area contributed by atoms with Crippen molar-refractivity contribution in [1.82, 2.24) is 4.72 Å². The highest BCUT2D eigenvalue weighted by atomic mass is 32.2. The monoisotopic (exact) mass is 296 g/mol. The molecule has 1 aromatic carbocycles. The Labute approximate surface area is 122 Å². The summed E-state index contributed by atoms with van der Waals surface area (Å²) in [5.74, 6) is 0.376. The highest BCUT2D eigenvalue weighted by Crippen LogP contribution is 2.67. The van der Waals surface area contributed by atoms with Crippen molar-refractivity contribution < 1.29 is 8.42 Å². The molecule has 2 N–H and O–H groups in total. The summed E-state index contributed by atoms with van der Waals surface area (Å²) in [5, 5.41) is 2.97. The van der Waals surface area contributed by atoms with Gasteiger partial charge in [0.05, 0.1) is 4.90 Å². The van der Waals surface area contributed by atoms with E-state index in [2.05, 4.69) is 37.7 Å². The van der Waals surface area contributed by atoms with Crippen LogP contribution in [0, 0.1) is 16.7 Å². The minimum Gasteiger partial charge on any atom is -0.388 e. The first-order valence-corrected chi connectivity index (χ1v) is 8.39. The Morgan fingerprint density at radius 1 is 1.05 bits per heavy atom. The number of hydrogen-bond acceptors (Lipinski definition) is 3. The van der Waals surface area contributed by atoms with E-state index in [0.717, 1.165) is 5.69 Å². The first-order valence-electron chi connectivity index (χ1n) is 6.90. The van der Waals surface area contributed by atoms with Gasteiger partial charge in [0.2, 0.25) is 10.0 Å². The zero-order valence-corrected chi connectivity index (χ0v) is 13.6. The summed E-state index contributed by atoms with van der Waals surface area (Å²) in [6.45, 7) is 9.25. The highest BCUT2D eigenvalue weighted by molar-refractivity contribution is 7.89. The molecule has 1 aliphatic rings. The van der Waals surface area contributed by atoms with Crippen LogP contribution in [0.2, 0.25) is 0 Å². The summed E-state index contributed by atoms with van der Waals surface area (Å²) >= 11 is 0. The van der Waals surface area contributed by atoms with E-state index >= 15 is 0 Å². The molecular formula is C15H24N2O2S. The third kappa shape index (κ3) is 2.44. The molecule has 0 saturated heterocycles. The van der Waals surface area contributed by atoms with E-state index in [1.807, 2.05) is 0 Å². The Morgan fingerprint density at radius 3 is 1.95 bits per heavy atom. The van der Waals surface area contributed by atoms with Crippen molar-refractivity contribution in [1.29, 1.82) is 0 Å². The Balaban J connectivity index is 2.05. The lowest BCUT2D eigenvalue weighted by Crippen LogP contribution is -2.27. The lowest BCUT2D eigenvalue weighted by Gasteiger charge is -2.08. The van der Waals surface area contributed by atoms with Crippen molar-refractivity contribution in [2.45, 2.75) is 32.6 Å². The highest BCUT2D eigenvalue weighted by Gasteiger charge is 2.64. The summed E-state index contributed by atoms with van der Waals surface area (Å²) in [6.07, 6.45) is 0. The van der Waals surface area contributed by atoms with E-state index in [4.69, 9.17) is 0 Å². The van der Waals surface area contributed by atoms with Crippen LogP contribution in [0.5, 0.6) is 0 Å². The van der Waals surface area contributed by atoms with Gasteiger partial charge in [-0.25, -0.2) is 13.1 Å². The maximum Gasteiger partial charge on any atom is 0.240 e. The molecule has 112 valence electrons. The normalized spacial score (nSPS) is 20.6. The van der Waals surface area contributed by atoms with Gasteiger partial charge in [0.1, 0.15) is 0 Å². The maximum absolute atomic E-state index is 12.3. The average molecular weight is 296 g/mol. The van der Waals surface area contributed by atoms with Crippen molar-refractivity contribution in [3.8, 4) is 0 Å². The second-order valence-electron chi connectivity index (χ2n) is 6.62. The molecule has 0 bridgehead atoms. The first-order chi connectivity index (χ1) is 9.13. The van der Waals surface area contributed by atoms with Crippen molar-refractivity contribution in [2.24, 2.45) is 16.7 Å². The van der Waals surface area contributed by atoms with Gasteiger partial charge in [-0.05, 0) is 41.0 Å². The molecule has 1 fully saturated rings. The Kier molecular flexibility index (Phi) is 3.63. The SMILES string of the molecule is CNc1ccc(S(=O)(=O)NCC2C(C)(C)C2(C)C)cc1. The molecule has 0 spiro atoms. The molecule has 0 heterocycles. The lowest BCUT2D eigenvalue weighted by molar-refractivity contribution is 0.457. The fourth-order valence-corrected chi connectivity index (χ4v) is 3.97. The van der Waals surface area contributed by atoms with E-state index in [0.29, 0.717) is 17.4 Å². The second-order valence-corrected chi connectivity index (χ2v) is 8.39. The maximum atomic E-state index is 12.3. The topological polar surface area (TPSA) is 58.2 Å². The van der Waals surface area contributed by atoms with Crippen LogP contribution in [0.1, 0.15) is 27.7 Å². The van der Waals surface area contributed by atoms with Gasteiger partial charge in [0.25, 0.3) is 0 Å². The predicted octanol–water partition coefficient (Wildman–Crippen LogP) is 2.69. The van der Waals surface area contributed by atoms with Gasteiger partial charge in [-0.15, -0.1) is 0 Å². The summed E-state index contributed by atoms with van der Waals surface area (Å²) in [4.78, 5) is 0.313. The number of anilines is 1. The largest absolute Gasteiger partial charge is 0.388 e. The fraction of sp³-hybridized carbons (Fsp3) is 0.600. The van der Waals surface area contributed by atoms with Crippen LogP contribution in [0.15, 0.2) is 29.2 Å². The van der Waals surface area contributed by atoms with Crippen LogP contribution < -0.4 is 10.0 Å². The zero-order chi connectivity index (χ0) is 15.2. The Bertz CT molecular complexity index is 575. The molecule has 4 nitrogen and oxygen atoms in total. The minimum absolute atomic E-state index is 0.186. The van der Waals surface area contributed by atoms with Gasteiger partial charge < -0.3 is 5.32 Å². The van der Waals surface area contributed by atoms with Gasteiger partial charge in [-0.3, -0.25) is 0 Å². The summed E-state index contributed by atoms with van der Waals surface area (Å²) < 4.78 is 27.2. The molecule has 1 aromatic rings. The number of nitrogens with one attached hydrogen (secondary N) is 2. The summed E-state index contributed by atoms with van der Waals surface area (Å²) in [7, 11) is -1.61. The fourth-order valence-electron chi connectivity index (χ4n) is 2.92. The molecule has 2 rings (SSSR count). The number of benzene rings is 1. The average Bonchev–Trinajstić information content (AvgIpc) is 2.77. The summed E-state index contributed by atoms with van der Waals surface area (Å²) in [5.41, 5.74) is 1.27. The minimum atomic E-state index is -3.42. The first kappa shape index (κ1) is 15.3.